The Morgan fingerprint density at radius 2 is 1.34 bits per heavy atom. The highest BCUT2D eigenvalue weighted by molar-refractivity contribution is 5.77. The minimum Gasteiger partial charge on any atom is -0.481 e. The quantitative estimate of drug-likeness (QED) is 0.396. The molecule has 0 radical (unpaired) electrons. The second-order valence-electron chi connectivity index (χ2n) is 6.45. The maximum absolute atomic E-state index is 11.6. The lowest BCUT2D eigenvalue weighted by atomic mass is 10.00. The fourth-order valence-electron chi connectivity index (χ4n) is 2.45. The van der Waals surface area contributed by atoms with E-state index in [9.17, 15) is 14.4 Å². The van der Waals surface area contributed by atoms with Crippen molar-refractivity contribution in [3.8, 4) is 11.5 Å². The van der Waals surface area contributed by atoms with Crippen molar-refractivity contribution in [2.75, 3.05) is 0 Å². The molecule has 0 aliphatic rings. The number of hydrogen-bond donors (Lipinski definition) is 1. The second-order valence-corrected chi connectivity index (χ2v) is 6.45. The van der Waals surface area contributed by atoms with E-state index in [2.05, 4.69) is 0 Å². The first-order valence-corrected chi connectivity index (χ1v) is 9.39. The lowest BCUT2D eigenvalue weighted by molar-refractivity contribution is -0.138. The van der Waals surface area contributed by atoms with Gasteiger partial charge in [0.2, 0.25) is 0 Å². The zero-order chi connectivity index (χ0) is 21.4. The summed E-state index contributed by atoms with van der Waals surface area (Å²) < 4.78 is 10.5. The van der Waals surface area contributed by atoms with E-state index in [1.807, 2.05) is 18.2 Å². The third-order valence-corrected chi connectivity index (χ3v) is 4.22. The Hall–Kier alpha value is -3.41. The van der Waals surface area contributed by atoms with E-state index in [-0.39, 0.29) is 24.8 Å². The molecule has 0 amide bonds. The Labute approximate surface area is 169 Å². The van der Waals surface area contributed by atoms with Gasteiger partial charge >= 0.3 is 17.9 Å². The standard InChI is InChI=1S/C23H24O6/c1-4-21(24)28-19-12-17(13-20(14-19)29-22(25)5-2)7-6-16-8-10-18(11-9-16)15(3)23(26)27/h6-15H,4-5H2,1-3H3,(H,26,27)/b7-6+. The van der Waals surface area contributed by atoms with Crippen LogP contribution in [0.1, 0.15) is 56.2 Å². The Kier molecular flexibility index (Phi) is 7.71. The van der Waals surface area contributed by atoms with Crippen LogP contribution in [0.15, 0.2) is 42.5 Å². The van der Waals surface area contributed by atoms with Gasteiger partial charge in [0.05, 0.1) is 5.92 Å². The molecule has 0 saturated heterocycles. The summed E-state index contributed by atoms with van der Waals surface area (Å²) in [6.45, 7) is 5.02. The fourth-order valence-corrected chi connectivity index (χ4v) is 2.45. The number of aliphatic carboxylic acids is 1. The van der Waals surface area contributed by atoms with Crippen LogP contribution >= 0.6 is 0 Å². The summed E-state index contributed by atoms with van der Waals surface area (Å²) >= 11 is 0. The third-order valence-electron chi connectivity index (χ3n) is 4.22. The fraction of sp³-hybridized carbons (Fsp3) is 0.261. The molecule has 0 spiro atoms. The van der Waals surface area contributed by atoms with Crippen LogP contribution < -0.4 is 9.47 Å². The van der Waals surface area contributed by atoms with Crippen molar-refractivity contribution in [3.05, 3.63) is 59.2 Å². The van der Waals surface area contributed by atoms with Crippen LogP contribution in [0.5, 0.6) is 11.5 Å². The summed E-state index contributed by atoms with van der Waals surface area (Å²) in [7, 11) is 0. The van der Waals surface area contributed by atoms with Crippen molar-refractivity contribution in [1.29, 1.82) is 0 Å². The van der Waals surface area contributed by atoms with Crippen molar-refractivity contribution in [3.63, 3.8) is 0 Å². The van der Waals surface area contributed by atoms with E-state index in [0.717, 1.165) is 11.1 Å². The molecule has 6 heteroatoms. The zero-order valence-electron chi connectivity index (χ0n) is 16.7. The predicted molar refractivity (Wildman–Crippen MR) is 110 cm³/mol. The van der Waals surface area contributed by atoms with Gasteiger partial charge in [0.25, 0.3) is 0 Å². The largest absolute Gasteiger partial charge is 0.481 e. The second kappa shape index (κ2) is 10.2. The number of ether oxygens (including phenoxy) is 2. The molecule has 1 unspecified atom stereocenters. The van der Waals surface area contributed by atoms with Gasteiger partial charge in [-0.3, -0.25) is 14.4 Å². The van der Waals surface area contributed by atoms with Gasteiger partial charge in [0, 0.05) is 18.9 Å². The monoisotopic (exact) mass is 396 g/mol. The van der Waals surface area contributed by atoms with Crippen molar-refractivity contribution in [2.45, 2.75) is 39.5 Å². The number of carbonyl (C=O) groups excluding carboxylic acids is 2. The Morgan fingerprint density at radius 3 is 1.79 bits per heavy atom. The predicted octanol–water partition coefficient (Wildman–Crippen LogP) is 4.68. The van der Waals surface area contributed by atoms with E-state index in [4.69, 9.17) is 14.6 Å². The molecule has 0 bridgehead atoms. The van der Waals surface area contributed by atoms with E-state index in [1.165, 1.54) is 6.07 Å². The molecular weight excluding hydrogens is 372 g/mol. The molecule has 0 aliphatic heterocycles. The molecule has 0 saturated carbocycles. The van der Waals surface area contributed by atoms with Crippen LogP contribution in [0.2, 0.25) is 0 Å². The average Bonchev–Trinajstić information content (AvgIpc) is 2.71. The molecule has 0 heterocycles. The zero-order valence-corrected chi connectivity index (χ0v) is 16.7. The minimum absolute atomic E-state index is 0.227. The SMILES string of the molecule is CCC(=O)Oc1cc(/C=C/c2ccc(C(C)C(=O)O)cc2)cc(OC(=O)CC)c1. The molecule has 1 atom stereocenters. The number of hydrogen-bond acceptors (Lipinski definition) is 5. The van der Waals surface area contributed by atoms with Crippen LogP contribution in [0.4, 0.5) is 0 Å². The maximum atomic E-state index is 11.6. The lowest BCUT2D eigenvalue weighted by Crippen LogP contribution is -2.08. The van der Waals surface area contributed by atoms with Crippen LogP contribution in [0, 0.1) is 0 Å². The lowest BCUT2D eigenvalue weighted by Gasteiger charge is -2.09. The molecule has 0 aromatic heterocycles. The first-order chi connectivity index (χ1) is 13.8. The molecule has 0 fully saturated rings. The first kappa shape index (κ1) is 21.9. The van der Waals surface area contributed by atoms with E-state index in [0.29, 0.717) is 17.1 Å². The van der Waals surface area contributed by atoms with Crippen molar-refractivity contribution < 1.29 is 29.0 Å². The van der Waals surface area contributed by atoms with Gasteiger partial charge in [-0.1, -0.05) is 50.3 Å². The normalized spacial score (nSPS) is 11.8. The molecule has 6 nitrogen and oxygen atoms in total. The van der Waals surface area contributed by atoms with Gasteiger partial charge in [0.1, 0.15) is 11.5 Å². The first-order valence-electron chi connectivity index (χ1n) is 9.39. The van der Waals surface area contributed by atoms with Crippen molar-refractivity contribution in [1.82, 2.24) is 0 Å². The van der Waals surface area contributed by atoms with E-state index >= 15 is 0 Å². The molecule has 1 N–H and O–H groups in total. The van der Waals surface area contributed by atoms with Gasteiger partial charge in [-0.25, -0.2) is 0 Å². The molecule has 2 aromatic rings. The Morgan fingerprint density at radius 1 is 0.862 bits per heavy atom. The van der Waals surface area contributed by atoms with Crippen LogP contribution in [-0.4, -0.2) is 23.0 Å². The highest BCUT2D eigenvalue weighted by Crippen LogP contribution is 2.25. The van der Waals surface area contributed by atoms with Gasteiger partial charge in [-0.15, -0.1) is 0 Å². The minimum atomic E-state index is -0.874. The van der Waals surface area contributed by atoms with Gasteiger partial charge < -0.3 is 14.6 Å². The highest BCUT2D eigenvalue weighted by Gasteiger charge is 2.12. The highest BCUT2D eigenvalue weighted by atomic mass is 16.5. The molecule has 152 valence electrons. The Bertz CT molecular complexity index is 875. The van der Waals surface area contributed by atoms with Gasteiger partial charge in [-0.05, 0) is 35.7 Å². The molecule has 0 aliphatic carbocycles. The van der Waals surface area contributed by atoms with Crippen molar-refractivity contribution in [2.24, 2.45) is 0 Å². The summed E-state index contributed by atoms with van der Waals surface area (Å²) in [6.07, 6.45) is 4.08. The molecule has 2 aromatic carbocycles. The van der Waals surface area contributed by atoms with E-state index in [1.54, 1.807) is 51.1 Å². The number of carboxylic acids is 1. The number of benzene rings is 2. The number of rotatable bonds is 8. The smallest absolute Gasteiger partial charge is 0.310 e. The van der Waals surface area contributed by atoms with Gasteiger partial charge in [-0.2, -0.15) is 0 Å². The summed E-state index contributed by atoms with van der Waals surface area (Å²) in [5.41, 5.74) is 2.28. The van der Waals surface area contributed by atoms with E-state index < -0.39 is 11.9 Å². The average molecular weight is 396 g/mol. The maximum Gasteiger partial charge on any atom is 0.310 e. The molecular formula is C23H24O6. The molecule has 2 rings (SSSR count). The number of carbonyl (C=O) groups is 3. The summed E-state index contributed by atoms with van der Waals surface area (Å²) in [6, 6.07) is 12.0. The van der Waals surface area contributed by atoms with Crippen molar-refractivity contribution >= 4 is 30.1 Å². The molecule has 29 heavy (non-hydrogen) atoms. The van der Waals surface area contributed by atoms with Gasteiger partial charge in [0.15, 0.2) is 0 Å². The van der Waals surface area contributed by atoms with Crippen LogP contribution in [0.3, 0.4) is 0 Å². The van der Waals surface area contributed by atoms with Crippen LogP contribution in [0.25, 0.3) is 12.2 Å². The summed E-state index contributed by atoms with van der Waals surface area (Å²) in [4.78, 5) is 34.3. The van der Waals surface area contributed by atoms with Crippen LogP contribution in [-0.2, 0) is 14.4 Å². The Balaban J connectivity index is 2.26. The number of carboxylic acid groups (broad SMARTS) is 1. The summed E-state index contributed by atoms with van der Waals surface area (Å²) in [5.74, 6) is -1.63. The topological polar surface area (TPSA) is 89.9 Å². The number of esters is 2. The summed E-state index contributed by atoms with van der Waals surface area (Å²) in [5, 5.41) is 9.08. The third kappa shape index (κ3) is 6.60.